The molecule has 0 heterocycles. The van der Waals surface area contributed by atoms with Crippen molar-refractivity contribution in [1.29, 1.82) is 0 Å². The van der Waals surface area contributed by atoms with Crippen LogP contribution in [0.1, 0.15) is 13.8 Å². The zero-order chi connectivity index (χ0) is 16.0. The van der Waals surface area contributed by atoms with E-state index < -0.39 is 4.92 Å². The van der Waals surface area contributed by atoms with Crippen LogP contribution in [0.2, 0.25) is 0 Å². The number of nitrogens with zero attached hydrogens (tertiary/aromatic N) is 2. The number of amides is 1. The Kier molecular flexibility index (Phi) is 6.51. The average Bonchev–Trinajstić information content (AvgIpc) is 2.39. The number of anilines is 1. The van der Waals surface area contributed by atoms with Crippen molar-refractivity contribution in [3.05, 3.63) is 44.9 Å². The van der Waals surface area contributed by atoms with Crippen molar-refractivity contribution < 1.29 is 9.72 Å². The first-order valence-electron chi connectivity index (χ1n) is 6.44. The number of hydrogen-bond donors (Lipinski definition) is 1. The first-order chi connectivity index (χ1) is 9.83. The number of nitro benzene ring substituents is 1. The molecule has 0 bridgehead atoms. The SMILES string of the molecule is C=C(C)CN(CC)CC(=O)Nc1ccc([N+](=O)[O-])cc1Br. The van der Waals surface area contributed by atoms with Crippen LogP contribution in [0.15, 0.2) is 34.8 Å². The van der Waals surface area contributed by atoms with E-state index >= 15 is 0 Å². The summed E-state index contributed by atoms with van der Waals surface area (Å²) >= 11 is 3.22. The number of likely N-dealkylation sites (N-methyl/N-ethyl adjacent to an activating group) is 1. The Morgan fingerprint density at radius 1 is 1.48 bits per heavy atom. The lowest BCUT2D eigenvalue weighted by Crippen LogP contribution is -2.34. The summed E-state index contributed by atoms with van der Waals surface area (Å²) in [4.78, 5) is 24.1. The standard InChI is InChI=1S/C14H18BrN3O3/c1-4-17(8-10(2)3)9-14(19)16-13-6-5-11(18(20)21)7-12(13)15/h5-7H,2,4,8-9H2,1,3H3,(H,16,19). The molecule has 7 heteroatoms. The summed E-state index contributed by atoms with van der Waals surface area (Å²) in [5, 5.41) is 13.4. The molecule has 1 aromatic carbocycles. The van der Waals surface area contributed by atoms with Crippen molar-refractivity contribution in [2.24, 2.45) is 0 Å². The van der Waals surface area contributed by atoms with Gasteiger partial charge in [-0.15, -0.1) is 0 Å². The molecule has 0 saturated carbocycles. The maximum atomic E-state index is 12.0. The van der Waals surface area contributed by atoms with E-state index in [4.69, 9.17) is 0 Å². The van der Waals surface area contributed by atoms with Gasteiger partial charge in [0.05, 0.1) is 17.2 Å². The number of hydrogen-bond acceptors (Lipinski definition) is 4. The summed E-state index contributed by atoms with van der Waals surface area (Å²) in [6.45, 7) is 9.35. The summed E-state index contributed by atoms with van der Waals surface area (Å²) in [5.74, 6) is -0.173. The average molecular weight is 356 g/mol. The van der Waals surface area contributed by atoms with Gasteiger partial charge in [-0.05, 0) is 35.5 Å². The van der Waals surface area contributed by atoms with Gasteiger partial charge in [0.15, 0.2) is 0 Å². The molecule has 0 aliphatic heterocycles. The van der Waals surface area contributed by atoms with Gasteiger partial charge in [0.25, 0.3) is 5.69 Å². The smallest absolute Gasteiger partial charge is 0.270 e. The van der Waals surface area contributed by atoms with E-state index in [2.05, 4.69) is 27.8 Å². The van der Waals surface area contributed by atoms with Crippen LogP contribution in [0.5, 0.6) is 0 Å². The number of benzene rings is 1. The molecule has 1 amide bonds. The number of carbonyl (C=O) groups excluding carboxylic acids is 1. The fourth-order valence-corrected chi connectivity index (χ4v) is 2.24. The summed E-state index contributed by atoms with van der Waals surface area (Å²) in [6, 6.07) is 4.22. The molecule has 6 nitrogen and oxygen atoms in total. The number of carbonyl (C=O) groups is 1. The van der Waals surface area contributed by atoms with Gasteiger partial charge in [0, 0.05) is 23.2 Å². The van der Waals surface area contributed by atoms with Gasteiger partial charge in [-0.3, -0.25) is 19.8 Å². The molecule has 0 aliphatic carbocycles. The van der Waals surface area contributed by atoms with Crippen LogP contribution in [0.25, 0.3) is 0 Å². The van der Waals surface area contributed by atoms with Crippen LogP contribution >= 0.6 is 15.9 Å². The number of non-ortho nitro benzene ring substituents is 1. The Hall–Kier alpha value is -1.73. The first-order valence-corrected chi connectivity index (χ1v) is 7.23. The van der Waals surface area contributed by atoms with Crippen LogP contribution in [0, 0.1) is 10.1 Å². The summed E-state index contributed by atoms with van der Waals surface area (Å²) in [7, 11) is 0. The molecule has 0 fully saturated rings. The Bertz CT molecular complexity index is 560. The van der Waals surface area contributed by atoms with E-state index in [1.54, 1.807) is 0 Å². The Labute approximate surface area is 132 Å². The minimum absolute atomic E-state index is 0.0302. The van der Waals surface area contributed by atoms with Crippen molar-refractivity contribution in [2.75, 3.05) is 25.0 Å². The Balaban J connectivity index is 2.70. The molecule has 1 N–H and O–H groups in total. The zero-order valence-corrected chi connectivity index (χ0v) is 13.6. The number of rotatable bonds is 7. The monoisotopic (exact) mass is 355 g/mol. The van der Waals surface area contributed by atoms with Crippen molar-refractivity contribution in [1.82, 2.24) is 4.90 Å². The second-order valence-electron chi connectivity index (χ2n) is 4.73. The summed E-state index contributed by atoms with van der Waals surface area (Å²) in [6.07, 6.45) is 0. The van der Waals surface area contributed by atoms with Crippen molar-refractivity contribution in [2.45, 2.75) is 13.8 Å². The number of nitro groups is 1. The summed E-state index contributed by atoms with van der Waals surface area (Å²) < 4.78 is 0.480. The molecule has 114 valence electrons. The second kappa shape index (κ2) is 7.90. The van der Waals surface area contributed by atoms with Gasteiger partial charge < -0.3 is 5.32 Å². The highest BCUT2D eigenvalue weighted by molar-refractivity contribution is 9.10. The lowest BCUT2D eigenvalue weighted by atomic mass is 10.2. The number of nitrogens with one attached hydrogen (secondary N) is 1. The van der Waals surface area contributed by atoms with Gasteiger partial charge in [0.1, 0.15) is 0 Å². The predicted molar refractivity (Wildman–Crippen MR) is 86.4 cm³/mol. The van der Waals surface area contributed by atoms with Gasteiger partial charge >= 0.3 is 0 Å². The maximum absolute atomic E-state index is 12.0. The molecular formula is C14H18BrN3O3. The van der Waals surface area contributed by atoms with Crippen LogP contribution in [-0.4, -0.2) is 35.4 Å². The third-order valence-electron chi connectivity index (χ3n) is 2.75. The van der Waals surface area contributed by atoms with E-state index in [0.29, 0.717) is 16.7 Å². The largest absolute Gasteiger partial charge is 0.324 e. The van der Waals surface area contributed by atoms with E-state index in [1.165, 1.54) is 18.2 Å². The molecule has 0 aliphatic rings. The maximum Gasteiger partial charge on any atom is 0.270 e. The Morgan fingerprint density at radius 3 is 2.62 bits per heavy atom. The van der Waals surface area contributed by atoms with E-state index in [9.17, 15) is 14.9 Å². The molecule has 0 atom stereocenters. The molecule has 1 aromatic rings. The third-order valence-corrected chi connectivity index (χ3v) is 3.40. The zero-order valence-electron chi connectivity index (χ0n) is 12.1. The quantitative estimate of drug-likeness (QED) is 0.463. The van der Waals surface area contributed by atoms with Gasteiger partial charge in [0.2, 0.25) is 5.91 Å². The van der Waals surface area contributed by atoms with Crippen LogP contribution in [0.3, 0.4) is 0 Å². The molecule has 21 heavy (non-hydrogen) atoms. The third kappa shape index (κ3) is 5.65. The molecule has 1 rings (SSSR count). The summed E-state index contributed by atoms with van der Waals surface area (Å²) in [5.41, 5.74) is 1.47. The normalized spacial score (nSPS) is 10.5. The van der Waals surface area contributed by atoms with E-state index in [0.717, 1.165) is 12.1 Å². The fraction of sp³-hybridized carbons (Fsp3) is 0.357. The van der Waals surface area contributed by atoms with E-state index in [-0.39, 0.29) is 18.1 Å². The second-order valence-corrected chi connectivity index (χ2v) is 5.58. The minimum atomic E-state index is -0.484. The van der Waals surface area contributed by atoms with Crippen LogP contribution < -0.4 is 5.32 Å². The first kappa shape index (κ1) is 17.3. The van der Waals surface area contributed by atoms with Gasteiger partial charge in [-0.1, -0.05) is 19.1 Å². The van der Waals surface area contributed by atoms with Crippen LogP contribution in [0.4, 0.5) is 11.4 Å². The molecule has 0 radical (unpaired) electrons. The lowest BCUT2D eigenvalue weighted by molar-refractivity contribution is -0.384. The lowest BCUT2D eigenvalue weighted by Gasteiger charge is -2.19. The highest BCUT2D eigenvalue weighted by Gasteiger charge is 2.13. The predicted octanol–water partition coefficient (Wildman–Crippen LogP) is 3.19. The van der Waals surface area contributed by atoms with Crippen molar-refractivity contribution in [3.63, 3.8) is 0 Å². The topological polar surface area (TPSA) is 75.5 Å². The molecule has 0 unspecified atom stereocenters. The van der Waals surface area contributed by atoms with Gasteiger partial charge in [-0.25, -0.2) is 0 Å². The highest BCUT2D eigenvalue weighted by atomic mass is 79.9. The number of halogens is 1. The van der Waals surface area contributed by atoms with E-state index in [1.807, 2.05) is 18.7 Å². The fourth-order valence-electron chi connectivity index (χ4n) is 1.77. The van der Waals surface area contributed by atoms with Crippen molar-refractivity contribution in [3.8, 4) is 0 Å². The molecular weight excluding hydrogens is 338 g/mol. The molecule has 0 saturated heterocycles. The highest BCUT2D eigenvalue weighted by Crippen LogP contribution is 2.27. The Morgan fingerprint density at radius 2 is 2.14 bits per heavy atom. The van der Waals surface area contributed by atoms with Crippen LogP contribution in [-0.2, 0) is 4.79 Å². The van der Waals surface area contributed by atoms with Gasteiger partial charge in [-0.2, -0.15) is 0 Å². The van der Waals surface area contributed by atoms with Crippen molar-refractivity contribution >= 4 is 33.2 Å². The molecule has 0 aromatic heterocycles. The minimum Gasteiger partial charge on any atom is -0.324 e. The molecule has 0 spiro atoms.